The van der Waals surface area contributed by atoms with Crippen molar-refractivity contribution < 1.29 is 0 Å². The Morgan fingerprint density at radius 1 is 1.04 bits per heavy atom. The number of nitrogens with zero attached hydrogens (tertiary/aromatic N) is 5. The topological polar surface area (TPSA) is 46.8 Å². The predicted molar refractivity (Wildman–Crippen MR) is 89.2 cm³/mol. The van der Waals surface area contributed by atoms with Crippen molar-refractivity contribution in [3.8, 4) is 0 Å². The number of hydrogen-bond donors (Lipinski definition) is 0. The molecule has 1 aliphatic rings. The number of benzene rings is 1. The zero-order valence-electron chi connectivity index (χ0n) is 13.0. The second-order valence-electron chi connectivity index (χ2n) is 5.80. The number of rotatable bonds is 4. The normalized spacial score (nSPS) is 13.8. The monoisotopic (exact) mass is 305 g/mol. The Balaban J connectivity index is 1.47. The summed E-state index contributed by atoms with van der Waals surface area (Å²) >= 11 is 0. The van der Waals surface area contributed by atoms with Gasteiger partial charge in [-0.3, -0.25) is 4.98 Å². The van der Waals surface area contributed by atoms with Gasteiger partial charge in [0.2, 0.25) is 0 Å². The minimum absolute atomic E-state index is 0.812. The zero-order valence-corrected chi connectivity index (χ0v) is 13.0. The zero-order chi connectivity index (χ0) is 15.5. The molecule has 1 aromatic carbocycles. The van der Waals surface area contributed by atoms with Crippen molar-refractivity contribution in [1.29, 1.82) is 0 Å². The van der Waals surface area contributed by atoms with Crippen LogP contribution >= 0.6 is 0 Å². The van der Waals surface area contributed by atoms with E-state index in [1.807, 2.05) is 12.5 Å². The van der Waals surface area contributed by atoms with Crippen molar-refractivity contribution in [2.45, 2.75) is 25.9 Å². The molecular weight excluding hydrogens is 286 g/mol. The maximum Gasteiger partial charge on any atom is 0.147 e. The van der Waals surface area contributed by atoms with Crippen LogP contribution in [0.15, 0.2) is 55.2 Å². The Bertz CT molecular complexity index is 753. The van der Waals surface area contributed by atoms with E-state index >= 15 is 0 Å². The number of imidazole rings is 1. The summed E-state index contributed by atoms with van der Waals surface area (Å²) < 4.78 is 2.30. The van der Waals surface area contributed by atoms with E-state index in [9.17, 15) is 0 Å². The lowest BCUT2D eigenvalue weighted by Crippen LogP contribution is -2.32. The van der Waals surface area contributed by atoms with Gasteiger partial charge < -0.3 is 9.47 Å². The molecule has 0 aliphatic carbocycles. The highest BCUT2D eigenvalue weighted by Crippen LogP contribution is 2.21. The van der Waals surface area contributed by atoms with Gasteiger partial charge in [-0.05, 0) is 12.0 Å². The van der Waals surface area contributed by atoms with Crippen LogP contribution in [0, 0.1) is 0 Å². The minimum Gasteiger partial charge on any atom is -0.349 e. The molecule has 1 aliphatic heterocycles. The van der Waals surface area contributed by atoms with E-state index in [2.05, 4.69) is 54.8 Å². The lowest BCUT2D eigenvalue weighted by Gasteiger charge is -2.27. The predicted octanol–water partition coefficient (Wildman–Crippen LogP) is 2.48. The van der Waals surface area contributed by atoms with E-state index in [4.69, 9.17) is 0 Å². The van der Waals surface area contributed by atoms with Crippen molar-refractivity contribution in [3.63, 3.8) is 0 Å². The standard InChI is InChI=1S/C18H19N5/c1-2-4-15(5-3-1)6-10-23-14-21-16-13-22(11-7-17(16)23)18-12-19-8-9-20-18/h1-5,8-9,12,14H,6-7,10-11,13H2. The molecule has 4 rings (SSSR count). The molecule has 23 heavy (non-hydrogen) atoms. The van der Waals surface area contributed by atoms with Gasteiger partial charge in [0, 0.05) is 37.6 Å². The lowest BCUT2D eigenvalue weighted by molar-refractivity contribution is 0.622. The third-order valence-corrected chi connectivity index (χ3v) is 4.35. The molecule has 0 atom stereocenters. The number of hydrogen-bond acceptors (Lipinski definition) is 4. The molecule has 0 amide bonds. The number of anilines is 1. The van der Waals surface area contributed by atoms with Crippen LogP contribution in [0.5, 0.6) is 0 Å². The summed E-state index contributed by atoms with van der Waals surface area (Å²) in [6, 6.07) is 10.6. The van der Waals surface area contributed by atoms with Crippen LogP contribution in [0.1, 0.15) is 17.0 Å². The fourth-order valence-electron chi connectivity index (χ4n) is 3.11. The highest BCUT2D eigenvalue weighted by atomic mass is 15.2. The molecule has 0 saturated heterocycles. The maximum absolute atomic E-state index is 4.62. The van der Waals surface area contributed by atoms with Gasteiger partial charge in [0.05, 0.1) is 24.8 Å². The molecule has 3 heterocycles. The van der Waals surface area contributed by atoms with Crippen LogP contribution in [-0.2, 0) is 25.9 Å². The Hall–Kier alpha value is -2.69. The van der Waals surface area contributed by atoms with E-state index in [1.54, 1.807) is 12.4 Å². The summed E-state index contributed by atoms with van der Waals surface area (Å²) in [6.07, 6.45) is 9.28. The average molecular weight is 305 g/mol. The second-order valence-corrected chi connectivity index (χ2v) is 5.80. The average Bonchev–Trinajstić information content (AvgIpc) is 3.04. The molecule has 116 valence electrons. The van der Waals surface area contributed by atoms with Gasteiger partial charge >= 0.3 is 0 Å². The molecule has 0 fully saturated rings. The SMILES string of the molecule is c1ccc(CCn2cnc3c2CCN(c2cnccn2)C3)cc1. The summed E-state index contributed by atoms with van der Waals surface area (Å²) in [6.45, 7) is 2.76. The minimum atomic E-state index is 0.812. The Labute approximate surface area is 135 Å². The van der Waals surface area contributed by atoms with Gasteiger partial charge in [-0.1, -0.05) is 30.3 Å². The molecule has 0 bridgehead atoms. The van der Waals surface area contributed by atoms with Gasteiger partial charge in [0.15, 0.2) is 0 Å². The molecule has 5 nitrogen and oxygen atoms in total. The van der Waals surface area contributed by atoms with Crippen molar-refractivity contribution in [2.75, 3.05) is 11.4 Å². The van der Waals surface area contributed by atoms with Crippen LogP contribution in [-0.4, -0.2) is 26.1 Å². The first kappa shape index (κ1) is 13.9. The first-order chi connectivity index (χ1) is 11.4. The third kappa shape index (κ3) is 2.95. The summed E-state index contributed by atoms with van der Waals surface area (Å²) in [5, 5.41) is 0. The summed E-state index contributed by atoms with van der Waals surface area (Å²) in [7, 11) is 0. The molecular formula is C18H19N5. The number of aromatic nitrogens is 4. The molecule has 0 unspecified atom stereocenters. The number of aryl methyl sites for hydroxylation is 2. The van der Waals surface area contributed by atoms with Crippen LogP contribution in [0.4, 0.5) is 5.82 Å². The van der Waals surface area contributed by atoms with Gasteiger partial charge in [-0.2, -0.15) is 0 Å². The molecule has 3 aromatic rings. The maximum atomic E-state index is 4.62. The molecule has 0 radical (unpaired) electrons. The molecule has 0 N–H and O–H groups in total. The first-order valence-corrected chi connectivity index (χ1v) is 7.98. The van der Waals surface area contributed by atoms with Crippen LogP contribution in [0.3, 0.4) is 0 Å². The van der Waals surface area contributed by atoms with Crippen molar-refractivity contribution in [3.05, 3.63) is 72.2 Å². The summed E-state index contributed by atoms with van der Waals surface area (Å²) in [5.41, 5.74) is 3.89. The molecule has 5 heteroatoms. The highest BCUT2D eigenvalue weighted by molar-refractivity contribution is 5.39. The fraction of sp³-hybridized carbons (Fsp3) is 0.278. The molecule has 0 saturated carbocycles. The first-order valence-electron chi connectivity index (χ1n) is 7.98. The lowest BCUT2D eigenvalue weighted by atomic mass is 10.1. The summed E-state index contributed by atoms with van der Waals surface area (Å²) in [4.78, 5) is 15.4. The Kier molecular flexibility index (Phi) is 3.76. The third-order valence-electron chi connectivity index (χ3n) is 4.35. The van der Waals surface area contributed by atoms with Crippen LogP contribution in [0.2, 0.25) is 0 Å². The Morgan fingerprint density at radius 3 is 2.78 bits per heavy atom. The second kappa shape index (κ2) is 6.20. The van der Waals surface area contributed by atoms with Gasteiger partial charge in [-0.15, -0.1) is 0 Å². The molecule has 0 spiro atoms. The Morgan fingerprint density at radius 2 is 1.96 bits per heavy atom. The van der Waals surface area contributed by atoms with Crippen LogP contribution < -0.4 is 4.90 Å². The number of fused-ring (bicyclic) bond motifs is 1. The van der Waals surface area contributed by atoms with Crippen molar-refractivity contribution >= 4 is 5.82 Å². The van der Waals surface area contributed by atoms with E-state index < -0.39 is 0 Å². The quantitative estimate of drug-likeness (QED) is 0.743. The van der Waals surface area contributed by atoms with Crippen LogP contribution in [0.25, 0.3) is 0 Å². The van der Waals surface area contributed by atoms with E-state index in [0.717, 1.165) is 44.0 Å². The van der Waals surface area contributed by atoms with Crippen molar-refractivity contribution in [1.82, 2.24) is 19.5 Å². The van der Waals surface area contributed by atoms with E-state index in [1.165, 1.54) is 11.3 Å². The van der Waals surface area contributed by atoms with Gasteiger partial charge in [0.25, 0.3) is 0 Å². The van der Waals surface area contributed by atoms with Gasteiger partial charge in [-0.25, -0.2) is 9.97 Å². The fourth-order valence-corrected chi connectivity index (χ4v) is 3.11. The van der Waals surface area contributed by atoms with E-state index in [-0.39, 0.29) is 0 Å². The smallest absolute Gasteiger partial charge is 0.147 e. The summed E-state index contributed by atoms with van der Waals surface area (Å²) in [5.74, 6) is 0.928. The molecule has 2 aromatic heterocycles. The largest absolute Gasteiger partial charge is 0.349 e. The van der Waals surface area contributed by atoms with E-state index in [0.29, 0.717) is 0 Å². The van der Waals surface area contributed by atoms with Crippen molar-refractivity contribution in [2.24, 2.45) is 0 Å². The highest BCUT2D eigenvalue weighted by Gasteiger charge is 2.21. The van der Waals surface area contributed by atoms with Gasteiger partial charge in [0.1, 0.15) is 5.82 Å².